The Morgan fingerprint density at radius 2 is 1.63 bits per heavy atom. The molecule has 0 radical (unpaired) electrons. The Labute approximate surface area is 246 Å². The number of para-hydroxylation sites is 1. The highest BCUT2D eigenvalue weighted by atomic mass is 16.1. The van der Waals surface area contributed by atoms with Crippen molar-refractivity contribution in [3.05, 3.63) is 89.6 Å². The third-order valence-corrected chi connectivity index (χ3v) is 7.28. The van der Waals surface area contributed by atoms with Gasteiger partial charge in [-0.15, -0.1) is 10.2 Å². The summed E-state index contributed by atoms with van der Waals surface area (Å²) in [4.78, 5) is 33.4. The minimum Gasteiger partial charge on any atom is -0.382 e. The fourth-order valence-electron chi connectivity index (χ4n) is 5.12. The van der Waals surface area contributed by atoms with Crippen molar-refractivity contribution in [2.75, 3.05) is 23.7 Å². The first-order valence-corrected chi connectivity index (χ1v) is 14.0. The van der Waals surface area contributed by atoms with Crippen molar-refractivity contribution in [3.8, 4) is 28.5 Å². The number of hydrogen-bond donors (Lipinski definition) is 3. The molecule has 13 nitrogen and oxygen atoms in total. The summed E-state index contributed by atoms with van der Waals surface area (Å²) in [6.45, 7) is 2.07. The topological polar surface area (TPSA) is 153 Å². The molecule has 0 amide bonds. The fourth-order valence-corrected chi connectivity index (χ4v) is 5.12. The van der Waals surface area contributed by atoms with Gasteiger partial charge in [-0.25, -0.2) is 15.0 Å². The van der Waals surface area contributed by atoms with Crippen molar-refractivity contribution >= 4 is 28.4 Å². The zero-order valence-electron chi connectivity index (χ0n) is 23.3. The quantitative estimate of drug-likeness (QED) is 0.258. The molecule has 7 rings (SSSR count). The van der Waals surface area contributed by atoms with Gasteiger partial charge in [0.15, 0.2) is 5.65 Å². The lowest BCUT2D eigenvalue weighted by molar-refractivity contribution is 0.479. The Morgan fingerprint density at radius 1 is 0.884 bits per heavy atom. The second-order valence-electron chi connectivity index (χ2n) is 10.3. The van der Waals surface area contributed by atoms with Crippen LogP contribution in [0, 0.1) is 0 Å². The van der Waals surface area contributed by atoms with Crippen LogP contribution in [0.3, 0.4) is 0 Å². The van der Waals surface area contributed by atoms with Gasteiger partial charge in [0.25, 0.3) is 5.56 Å². The molecule has 0 atom stereocenters. The standard InChI is InChI=1S/C30H28N12O/c1-41-39-27(38-40-41)26-32-17-20(18-33-26)25-15-19-16-34-30(37-28(19)42(29(25)43)24-5-3-2-4-6-24)36-22-9-7-21(8-10-22)35-23-11-13-31-14-12-23/h2-10,15-18,23,31,35H,11-14H2,1H3,(H,34,36,37). The molecule has 0 unspecified atom stereocenters. The predicted molar refractivity (Wildman–Crippen MR) is 163 cm³/mol. The number of aryl methyl sites for hydroxylation is 1. The van der Waals surface area contributed by atoms with Crippen molar-refractivity contribution in [2.45, 2.75) is 18.9 Å². The maximum atomic E-state index is 14.0. The summed E-state index contributed by atoms with van der Waals surface area (Å²) < 4.78 is 1.59. The third-order valence-electron chi connectivity index (χ3n) is 7.28. The monoisotopic (exact) mass is 572 g/mol. The summed E-state index contributed by atoms with van der Waals surface area (Å²) in [5.74, 6) is 0.998. The minimum absolute atomic E-state index is 0.259. The van der Waals surface area contributed by atoms with E-state index in [1.807, 2.05) is 54.6 Å². The Hall–Kier alpha value is -5.56. The summed E-state index contributed by atoms with van der Waals surface area (Å²) >= 11 is 0. The number of rotatable bonds is 7. The maximum absolute atomic E-state index is 14.0. The van der Waals surface area contributed by atoms with Gasteiger partial charge in [0.1, 0.15) is 0 Å². The Kier molecular flexibility index (Phi) is 6.97. The van der Waals surface area contributed by atoms with E-state index in [1.165, 1.54) is 4.80 Å². The van der Waals surface area contributed by atoms with E-state index >= 15 is 0 Å². The molecule has 1 fully saturated rings. The number of tetrazole rings is 1. The van der Waals surface area contributed by atoms with Gasteiger partial charge in [0, 0.05) is 47.0 Å². The second-order valence-corrected chi connectivity index (χ2v) is 10.3. The average molecular weight is 573 g/mol. The van der Waals surface area contributed by atoms with Crippen LogP contribution >= 0.6 is 0 Å². The molecule has 13 heteroatoms. The van der Waals surface area contributed by atoms with Gasteiger partial charge in [0.2, 0.25) is 17.6 Å². The normalized spacial score (nSPS) is 13.7. The molecule has 0 saturated carbocycles. The first-order valence-electron chi connectivity index (χ1n) is 14.0. The van der Waals surface area contributed by atoms with Gasteiger partial charge >= 0.3 is 0 Å². The molecule has 3 N–H and O–H groups in total. The Balaban J connectivity index is 1.22. The Bertz CT molecular complexity index is 1930. The molecule has 4 aromatic heterocycles. The molecular weight excluding hydrogens is 544 g/mol. The molecule has 2 aromatic carbocycles. The van der Waals surface area contributed by atoms with Crippen molar-refractivity contribution in [3.63, 3.8) is 0 Å². The van der Waals surface area contributed by atoms with Gasteiger partial charge < -0.3 is 16.0 Å². The van der Waals surface area contributed by atoms with Crippen LogP contribution in [0.1, 0.15) is 12.8 Å². The van der Waals surface area contributed by atoms with Gasteiger partial charge in [-0.05, 0) is 73.6 Å². The number of benzene rings is 2. The Morgan fingerprint density at radius 3 is 2.35 bits per heavy atom. The molecule has 0 bridgehead atoms. The molecule has 5 heterocycles. The highest BCUT2D eigenvalue weighted by Crippen LogP contribution is 2.24. The highest BCUT2D eigenvalue weighted by Gasteiger charge is 2.17. The molecule has 214 valence electrons. The molecular formula is C30H28N12O. The van der Waals surface area contributed by atoms with Crippen LogP contribution in [0.2, 0.25) is 0 Å². The van der Waals surface area contributed by atoms with E-state index in [1.54, 1.807) is 36.3 Å². The smallest absolute Gasteiger partial charge is 0.264 e. The van der Waals surface area contributed by atoms with Crippen LogP contribution in [0.4, 0.5) is 17.3 Å². The molecule has 43 heavy (non-hydrogen) atoms. The second kappa shape index (κ2) is 11.4. The maximum Gasteiger partial charge on any atom is 0.264 e. The number of piperidine rings is 1. The molecule has 6 aromatic rings. The van der Waals surface area contributed by atoms with Crippen molar-refractivity contribution in [1.82, 2.24) is 50.0 Å². The first-order chi connectivity index (χ1) is 21.1. The van der Waals surface area contributed by atoms with Crippen molar-refractivity contribution in [1.29, 1.82) is 0 Å². The largest absolute Gasteiger partial charge is 0.382 e. The summed E-state index contributed by atoms with van der Waals surface area (Å²) in [5, 5.41) is 22.9. The van der Waals surface area contributed by atoms with E-state index in [2.05, 4.69) is 46.3 Å². The number of hydrogen-bond acceptors (Lipinski definition) is 11. The van der Waals surface area contributed by atoms with Crippen molar-refractivity contribution in [2.24, 2.45) is 7.05 Å². The summed E-state index contributed by atoms with van der Waals surface area (Å²) in [7, 11) is 1.67. The summed E-state index contributed by atoms with van der Waals surface area (Å²) in [5.41, 5.74) is 3.77. The van der Waals surface area contributed by atoms with Crippen LogP contribution in [0.25, 0.3) is 39.5 Å². The van der Waals surface area contributed by atoms with Crippen LogP contribution in [-0.4, -0.2) is 63.8 Å². The zero-order valence-corrected chi connectivity index (χ0v) is 23.3. The van der Waals surface area contributed by atoms with Gasteiger partial charge in [-0.3, -0.25) is 9.36 Å². The minimum atomic E-state index is -0.259. The predicted octanol–water partition coefficient (Wildman–Crippen LogP) is 3.34. The molecule has 1 aliphatic heterocycles. The number of fused-ring (bicyclic) bond motifs is 1. The van der Waals surface area contributed by atoms with E-state index in [0.717, 1.165) is 37.3 Å². The van der Waals surface area contributed by atoms with E-state index in [9.17, 15) is 4.79 Å². The fraction of sp³-hybridized carbons (Fsp3) is 0.200. The van der Waals surface area contributed by atoms with Gasteiger partial charge in [0.05, 0.1) is 18.3 Å². The summed E-state index contributed by atoms with van der Waals surface area (Å²) in [6.07, 6.45) is 7.08. The van der Waals surface area contributed by atoms with Gasteiger partial charge in [-0.1, -0.05) is 18.2 Å². The average Bonchev–Trinajstić information content (AvgIpc) is 3.49. The third kappa shape index (κ3) is 5.53. The number of anilines is 3. The van der Waals surface area contributed by atoms with Crippen LogP contribution in [0.5, 0.6) is 0 Å². The van der Waals surface area contributed by atoms with E-state index in [0.29, 0.717) is 51.5 Å². The van der Waals surface area contributed by atoms with E-state index in [4.69, 9.17) is 4.98 Å². The zero-order chi connectivity index (χ0) is 29.2. The molecule has 1 aliphatic rings. The van der Waals surface area contributed by atoms with Gasteiger partial charge in [-0.2, -0.15) is 9.78 Å². The summed E-state index contributed by atoms with van der Waals surface area (Å²) in [6, 6.07) is 19.7. The van der Waals surface area contributed by atoms with Crippen molar-refractivity contribution < 1.29 is 0 Å². The molecule has 1 saturated heterocycles. The first kappa shape index (κ1) is 26.3. The lowest BCUT2D eigenvalue weighted by atomic mass is 10.1. The van der Waals surface area contributed by atoms with Crippen LogP contribution in [0.15, 0.2) is 84.0 Å². The van der Waals surface area contributed by atoms with E-state index < -0.39 is 0 Å². The SMILES string of the molecule is Cn1nnc(-c2ncc(-c3cc4cnc(Nc5ccc(NC6CCNCC6)cc5)nc4n(-c4ccccc4)c3=O)cn2)n1. The van der Waals surface area contributed by atoms with E-state index in [-0.39, 0.29) is 5.56 Å². The highest BCUT2D eigenvalue weighted by molar-refractivity contribution is 5.83. The number of nitrogens with one attached hydrogen (secondary N) is 3. The lowest BCUT2D eigenvalue weighted by Gasteiger charge is -2.24. The van der Waals surface area contributed by atoms with Crippen LogP contribution in [-0.2, 0) is 7.05 Å². The number of aromatic nitrogens is 9. The molecule has 0 spiro atoms. The number of pyridine rings is 1. The molecule has 0 aliphatic carbocycles. The van der Waals surface area contributed by atoms with Crippen LogP contribution < -0.4 is 21.5 Å². The number of nitrogens with zero attached hydrogens (tertiary/aromatic N) is 9. The lowest BCUT2D eigenvalue weighted by Crippen LogP contribution is -2.35.